The molecule has 1 aromatic heterocycles. The minimum absolute atomic E-state index is 0.239. The minimum atomic E-state index is -0.239. The molecule has 6 heteroatoms. The lowest BCUT2D eigenvalue weighted by molar-refractivity contribution is 0.102. The Balaban J connectivity index is 1.60. The van der Waals surface area contributed by atoms with E-state index in [1.165, 1.54) is 30.4 Å². The molecule has 1 amide bonds. The van der Waals surface area contributed by atoms with Crippen LogP contribution < -0.4 is 10.6 Å². The van der Waals surface area contributed by atoms with Gasteiger partial charge >= 0.3 is 0 Å². The van der Waals surface area contributed by atoms with Crippen LogP contribution in [0.2, 0.25) is 5.15 Å². The first-order valence-electron chi connectivity index (χ1n) is 8.39. The first-order valence-corrected chi connectivity index (χ1v) is 8.77. The van der Waals surface area contributed by atoms with Gasteiger partial charge in [-0.15, -0.1) is 0 Å². The molecule has 2 aromatic rings. The molecule has 1 heterocycles. The molecule has 128 valence electrons. The number of aryl methyl sites for hydroxylation is 2. The number of benzene rings is 1. The van der Waals surface area contributed by atoms with Gasteiger partial charge in [-0.25, -0.2) is 0 Å². The molecule has 0 aliphatic heterocycles. The average molecular weight is 347 g/mol. The van der Waals surface area contributed by atoms with Crippen LogP contribution in [0.5, 0.6) is 0 Å². The van der Waals surface area contributed by atoms with Crippen molar-refractivity contribution in [3.63, 3.8) is 0 Å². The molecule has 2 N–H and O–H groups in total. The average Bonchev–Trinajstić information content (AvgIpc) is 3.15. The Morgan fingerprint density at radius 2 is 1.88 bits per heavy atom. The highest BCUT2D eigenvalue weighted by Crippen LogP contribution is 2.25. The van der Waals surface area contributed by atoms with Crippen LogP contribution in [-0.2, 0) is 7.05 Å². The van der Waals surface area contributed by atoms with Crippen LogP contribution in [0.1, 0.15) is 41.7 Å². The van der Waals surface area contributed by atoms with Gasteiger partial charge in [-0.3, -0.25) is 9.48 Å². The number of rotatable bonds is 5. The zero-order chi connectivity index (χ0) is 17.1. The molecule has 0 spiro atoms. The van der Waals surface area contributed by atoms with Gasteiger partial charge < -0.3 is 10.6 Å². The maximum atomic E-state index is 12.4. The molecular weight excluding hydrogens is 324 g/mol. The van der Waals surface area contributed by atoms with Gasteiger partial charge in [0.1, 0.15) is 5.15 Å². The molecule has 5 nitrogen and oxygen atoms in total. The van der Waals surface area contributed by atoms with Crippen LogP contribution >= 0.6 is 11.6 Å². The highest BCUT2D eigenvalue weighted by atomic mass is 35.5. The van der Waals surface area contributed by atoms with Gasteiger partial charge in [0.25, 0.3) is 5.91 Å². The summed E-state index contributed by atoms with van der Waals surface area (Å²) in [5.41, 5.74) is 2.86. The first kappa shape index (κ1) is 16.8. The van der Waals surface area contributed by atoms with E-state index in [9.17, 15) is 4.79 Å². The maximum absolute atomic E-state index is 12.4. The second-order valence-electron chi connectivity index (χ2n) is 6.44. The van der Waals surface area contributed by atoms with Crippen LogP contribution in [0.3, 0.4) is 0 Å². The van der Waals surface area contributed by atoms with E-state index in [0.29, 0.717) is 16.4 Å². The summed E-state index contributed by atoms with van der Waals surface area (Å²) in [5, 5.41) is 10.9. The molecule has 24 heavy (non-hydrogen) atoms. The van der Waals surface area contributed by atoms with Crippen molar-refractivity contribution in [3.8, 4) is 0 Å². The zero-order valence-electron chi connectivity index (χ0n) is 14.1. The van der Waals surface area contributed by atoms with E-state index >= 15 is 0 Å². The Hall–Kier alpha value is -2.01. The Labute approximate surface area is 147 Å². The van der Waals surface area contributed by atoms with Crippen LogP contribution in [0.25, 0.3) is 0 Å². The van der Waals surface area contributed by atoms with Gasteiger partial charge in [0.05, 0.1) is 11.3 Å². The van der Waals surface area contributed by atoms with Crippen molar-refractivity contribution in [3.05, 3.63) is 40.7 Å². The molecule has 1 saturated carbocycles. The number of hydrogen-bond acceptors (Lipinski definition) is 3. The molecule has 0 unspecified atom stereocenters. The molecule has 1 aromatic carbocycles. The van der Waals surface area contributed by atoms with Gasteiger partial charge in [0, 0.05) is 25.0 Å². The van der Waals surface area contributed by atoms with Gasteiger partial charge in [-0.1, -0.05) is 24.4 Å². The third-order valence-electron chi connectivity index (χ3n) is 4.59. The van der Waals surface area contributed by atoms with Crippen LogP contribution in [-0.4, -0.2) is 22.2 Å². The fraction of sp³-hybridized carbons (Fsp3) is 0.444. The number of aromatic nitrogens is 2. The van der Waals surface area contributed by atoms with E-state index in [4.69, 9.17) is 11.6 Å². The van der Waals surface area contributed by atoms with E-state index < -0.39 is 0 Å². The standard InChI is InChI=1S/C18H23ClN4O/c1-12-16(17(19)23(2)22-12)18(24)21-15-9-7-14(8-10-15)20-11-13-5-3-4-6-13/h7-10,13,20H,3-6,11H2,1-2H3,(H,21,24). The molecule has 1 aliphatic rings. The minimum Gasteiger partial charge on any atom is -0.385 e. The second kappa shape index (κ2) is 7.26. The number of amides is 1. The van der Waals surface area contributed by atoms with E-state index in [1.54, 1.807) is 14.0 Å². The molecule has 0 atom stereocenters. The monoisotopic (exact) mass is 346 g/mol. The second-order valence-corrected chi connectivity index (χ2v) is 6.80. The topological polar surface area (TPSA) is 59.0 Å². The Morgan fingerprint density at radius 1 is 1.25 bits per heavy atom. The van der Waals surface area contributed by atoms with Gasteiger partial charge in [0.15, 0.2) is 0 Å². The summed E-state index contributed by atoms with van der Waals surface area (Å²) in [5.74, 6) is 0.553. The summed E-state index contributed by atoms with van der Waals surface area (Å²) in [6.45, 7) is 2.80. The molecule has 3 rings (SSSR count). The maximum Gasteiger partial charge on any atom is 0.260 e. The summed E-state index contributed by atoms with van der Waals surface area (Å²) < 4.78 is 1.50. The number of anilines is 2. The zero-order valence-corrected chi connectivity index (χ0v) is 14.9. The fourth-order valence-electron chi connectivity index (χ4n) is 3.23. The molecule has 0 bridgehead atoms. The van der Waals surface area contributed by atoms with Crippen LogP contribution in [0.4, 0.5) is 11.4 Å². The van der Waals surface area contributed by atoms with Gasteiger partial charge in [-0.05, 0) is 49.9 Å². The van der Waals surface area contributed by atoms with Crippen molar-refractivity contribution >= 4 is 28.9 Å². The summed E-state index contributed by atoms with van der Waals surface area (Å²) >= 11 is 6.13. The Morgan fingerprint density at radius 3 is 2.46 bits per heavy atom. The molecule has 0 radical (unpaired) electrons. The predicted octanol–water partition coefficient (Wildman–Crippen LogP) is 4.24. The highest BCUT2D eigenvalue weighted by molar-refractivity contribution is 6.33. The smallest absolute Gasteiger partial charge is 0.260 e. The number of nitrogens with one attached hydrogen (secondary N) is 2. The van der Waals surface area contributed by atoms with E-state index in [-0.39, 0.29) is 5.91 Å². The van der Waals surface area contributed by atoms with Crippen LogP contribution in [0, 0.1) is 12.8 Å². The largest absolute Gasteiger partial charge is 0.385 e. The van der Waals surface area contributed by atoms with E-state index in [2.05, 4.69) is 15.7 Å². The Bertz CT molecular complexity index is 717. The normalized spacial score (nSPS) is 14.8. The summed E-state index contributed by atoms with van der Waals surface area (Å²) in [6, 6.07) is 7.77. The van der Waals surface area contributed by atoms with E-state index in [0.717, 1.165) is 23.8 Å². The number of carbonyl (C=O) groups excluding carboxylic acids is 1. The van der Waals surface area contributed by atoms with Crippen molar-refractivity contribution in [2.75, 3.05) is 17.2 Å². The van der Waals surface area contributed by atoms with Gasteiger partial charge in [-0.2, -0.15) is 5.10 Å². The lowest BCUT2D eigenvalue weighted by Crippen LogP contribution is -2.13. The summed E-state index contributed by atoms with van der Waals surface area (Å²) in [7, 11) is 1.72. The lowest BCUT2D eigenvalue weighted by Gasteiger charge is -2.12. The van der Waals surface area contributed by atoms with E-state index in [1.807, 2.05) is 24.3 Å². The molecule has 1 aliphatic carbocycles. The Kier molecular flexibility index (Phi) is 5.09. The molecule has 1 fully saturated rings. The summed E-state index contributed by atoms with van der Waals surface area (Å²) in [4.78, 5) is 12.4. The predicted molar refractivity (Wildman–Crippen MR) is 97.8 cm³/mol. The third kappa shape index (κ3) is 3.73. The summed E-state index contributed by atoms with van der Waals surface area (Å²) in [6.07, 6.45) is 5.36. The van der Waals surface area contributed by atoms with Gasteiger partial charge in [0.2, 0.25) is 0 Å². The number of nitrogens with zero attached hydrogens (tertiary/aromatic N) is 2. The highest BCUT2D eigenvalue weighted by Gasteiger charge is 2.19. The fourth-order valence-corrected chi connectivity index (χ4v) is 3.49. The SMILES string of the molecule is Cc1nn(C)c(Cl)c1C(=O)Nc1ccc(NCC2CCCC2)cc1. The van der Waals surface area contributed by atoms with Crippen LogP contribution in [0.15, 0.2) is 24.3 Å². The number of halogens is 1. The van der Waals surface area contributed by atoms with Crippen molar-refractivity contribution in [1.29, 1.82) is 0 Å². The number of carbonyl (C=O) groups is 1. The molecular formula is C18H23ClN4O. The number of hydrogen-bond donors (Lipinski definition) is 2. The van der Waals surface area contributed by atoms with Crippen molar-refractivity contribution < 1.29 is 4.79 Å². The van der Waals surface area contributed by atoms with Crippen molar-refractivity contribution in [2.45, 2.75) is 32.6 Å². The lowest BCUT2D eigenvalue weighted by atomic mass is 10.1. The first-order chi connectivity index (χ1) is 11.5. The van der Waals surface area contributed by atoms with Crippen molar-refractivity contribution in [2.24, 2.45) is 13.0 Å². The molecule has 0 saturated heterocycles. The van der Waals surface area contributed by atoms with Crippen molar-refractivity contribution in [1.82, 2.24) is 9.78 Å². The quantitative estimate of drug-likeness (QED) is 0.851. The third-order valence-corrected chi connectivity index (χ3v) is 5.03.